The number of rotatable bonds is 7. The van der Waals surface area contributed by atoms with Gasteiger partial charge in [0.1, 0.15) is 16.6 Å². The van der Waals surface area contributed by atoms with Crippen molar-refractivity contribution in [2.45, 2.75) is 46.3 Å². The number of esters is 1. The highest BCUT2D eigenvalue weighted by molar-refractivity contribution is 7.17. The Kier molecular flexibility index (Phi) is 6.14. The second-order valence-electron chi connectivity index (χ2n) is 6.82. The molecule has 0 N–H and O–H groups in total. The average molecular weight is 401 g/mol. The molecule has 0 spiro atoms. The van der Waals surface area contributed by atoms with E-state index in [1.165, 1.54) is 22.2 Å². The van der Waals surface area contributed by atoms with Crippen LogP contribution >= 0.6 is 11.3 Å². The molecule has 2 heterocycles. The van der Waals surface area contributed by atoms with Crippen molar-refractivity contribution in [1.29, 1.82) is 0 Å². The molecule has 0 aliphatic carbocycles. The molecule has 0 fully saturated rings. The first-order valence-corrected chi connectivity index (χ1v) is 10.2. The van der Waals surface area contributed by atoms with Gasteiger partial charge in [0.15, 0.2) is 0 Å². The summed E-state index contributed by atoms with van der Waals surface area (Å²) in [5.41, 5.74) is 1.46. The van der Waals surface area contributed by atoms with E-state index in [1.807, 2.05) is 50.4 Å². The molecule has 0 aliphatic rings. The van der Waals surface area contributed by atoms with E-state index in [0.29, 0.717) is 16.8 Å². The SMILES string of the molecule is CCCOC(=O)[C@@H](C)n1cnc2scc(-c3ccc(OC(C)C)cc3)c2c1=O. The predicted octanol–water partition coefficient (Wildman–Crippen LogP) is 4.43. The summed E-state index contributed by atoms with van der Waals surface area (Å²) < 4.78 is 12.2. The minimum absolute atomic E-state index is 0.0955. The lowest BCUT2D eigenvalue weighted by Gasteiger charge is -2.14. The molecule has 3 aromatic rings. The molecule has 1 atom stereocenters. The predicted molar refractivity (Wildman–Crippen MR) is 111 cm³/mol. The quantitative estimate of drug-likeness (QED) is 0.549. The summed E-state index contributed by atoms with van der Waals surface area (Å²) in [5, 5.41) is 2.43. The molecule has 0 aliphatic heterocycles. The molecule has 0 saturated carbocycles. The Balaban J connectivity index is 1.99. The van der Waals surface area contributed by atoms with Crippen molar-refractivity contribution in [3.63, 3.8) is 0 Å². The number of benzene rings is 1. The van der Waals surface area contributed by atoms with E-state index < -0.39 is 12.0 Å². The van der Waals surface area contributed by atoms with E-state index >= 15 is 0 Å². The fourth-order valence-electron chi connectivity index (χ4n) is 2.86. The molecule has 148 valence electrons. The molecular formula is C21H24N2O4S. The third-order valence-corrected chi connectivity index (χ3v) is 5.15. The zero-order chi connectivity index (χ0) is 20.3. The normalized spacial score (nSPS) is 12.3. The summed E-state index contributed by atoms with van der Waals surface area (Å²) in [7, 11) is 0. The third-order valence-electron chi connectivity index (χ3n) is 4.26. The van der Waals surface area contributed by atoms with Gasteiger partial charge < -0.3 is 9.47 Å². The number of thiophene rings is 1. The Hall–Kier alpha value is -2.67. The Morgan fingerprint density at radius 1 is 1.21 bits per heavy atom. The van der Waals surface area contributed by atoms with E-state index in [2.05, 4.69) is 4.98 Å². The highest BCUT2D eigenvalue weighted by Crippen LogP contribution is 2.32. The highest BCUT2D eigenvalue weighted by Gasteiger charge is 2.21. The summed E-state index contributed by atoms with van der Waals surface area (Å²) in [6.07, 6.45) is 2.25. The molecule has 0 unspecified atom stereocenters. The van der Waals surface area contributed by atoms with Crippen molar-refractivity contribution in [1.82, 2.24) is 9.55 Å². The molecule has 1 aromatic carbocycles. The van der Waals surface area contributed by atoms with Crippen LogP contribution in [0.3, 0.4) is 0 Å². The topological polar surface area (TPSA) is 70.4 Å². The second kappa shape index (κ2) is 8.56. The molecule has 7 heteroatoms. The summed E-state index contributed by atoms with van der Waals surface area (Å²) in [5.74, 6) is 0.346. The van der Waals surface area contributed by atoms with Gasteiger partial charge in [-0.15, -0.1) is 11.3 Å². The number of aromatic nitrogens is 2. The van der Waals surface area contributed by atoms with E-state index in [1.54, 1.807) is 6.92 Å². The van der Waals surface area contributed by atoms with Crippen LogP contribution in [-0.4, -0.2) is 28.2 Å². The Morgan fingerprint density at radius 3 is 2.57 bits per heavy atom. The largest absolute Gasteiger partial charge is 0.491 e. The van der Waals surface area contributed by atoms with Crippen LogP contribution in [0, 0.1) is 0 Å². The van der Waals surface area contributed by atoms with Gasteiger partial charge >= 0.3 is 5.97 Å². The van der Waals surface area contributed by atoms with Gasteiger partial charge in [-0.3, -0.25) is 9.36 Å². The summed E-state index contributed by atoms with van der Waals surface area (Å²) in [6.45, 7) is 7.86. The maximum absolute atomic E-state index is 13.1. The molecule has 0 radical (unpaired) electrons. The molecule has 2 aromatic heterocycles. The Labute approximate surface area is 167 Å². The molecular weight excluding hydrogens is 376 g/mol. The summed E-state index contributed by atoms with van der Waals surface area (Å²) in [6, 6.07) is 6.89. The average Bonchev–Trinajstić information content (AvgIpc) is 3.11. The standard InChI is InChI=1S/C21H24N2O4S/c1-5-10-26-21(25)14(4)23-12-22-19-18(20(23)24)17(11-28-19)15-6-8-16(9-7-15)27-13(2)3/h6-9,11-14H,5,10H2,1-4H3/t14-/m1/s1. The number of fused-ring (bicyclic) bond motifs is 1. The molecule has 0 saturated heterocycles. The van der Waals surface area contributed by atoms with Crippen molar-refractivity contribution in [3.8, 4) is 16.9 Å². The lowest BCUT2D eigenvalue weighted by Crippen LogP contribution is -2.29. The van der Waals surface area contributed by atoms with Crippen LogP contribution in [0.5, 0.6) is 5.75 Å². The van der Waals surface area contributed by atoms with Crippen LogP contribution in [0.2, 0.25) is 0 Å². The van der Waals surface area contributed by atoms with Crippen molar-refractivity contribution in [2.24, 2.45) is 0 Å². The number of carbonyl (C=O) groups excluding carboxylic acids is 1. The summed E-state index contributed by atoms with van der Waals surface area (Å²) in [4.78, 5) is 30.3. The van der Waals surface area contributed by atoms with E-state index in [0.717, 1.165) is 23.3 Å². The van der Waals surface area contributed by atoms with E-state index in [-0.39, 0.29) is 11.7 Å². The molecule has 0 bridgehead atoms. The Morgan fingerprint density at radius 2 is 1.93 bits per heavy atom. The first-order valence-electron chi connectivity index (χ1n) is 9.34. The first-order chi connectivity index (χ1) is 13.4. The van der Waals surface area contributed by atoms with E-state index in [4.69, 9.17) is 9.47 Å². The highest BCUT2D eigenvalue weighted by atomic mass is 32.1. The molecule has 28 heavy (non-hydrogen) atoms. The van der Waals surface area contributed by atoms with Crippen LogP contribution in [-0.2, 0) is 9.53 Å². The van der Waals surface area contributed by atoms with Crippen molar-refractivity contribution in [2.75, 3.05) is 6.61 Å². The van der Waals surface area contributed by atoms with Crippen molar-refractivity contribution >= 4 is 27.5 Å². The molecule has 3 rings (SSSR count). The number of nitrogens with zero attached hydrogens (tertiary/aromatic N) is 2. The zero-order valence-corrected chi connectivity index (χ0v) is 17.3. The van der Waals surface area contributed by atoms with Crippen LogP contribution in [0.4, 0.5) is 0 Å². The van der Waals surface area contributed by atoms with Gasteiger partial charge in [-0.25, -0.2) is 9.78 Å². The van der Waals surface area contributed by atoms with Crippen LogP contribution < -0.4 is 10.3 Å². The fraction of sp³-hybridized carbons (Fsp3) is 0.381. The van der Waals surface area contributed by atoms with Crippen molar-refractivity contribution < 1.29 is 14.3 Å². The van der Waals surface area contributed by atoms with Gasteiger partial charge in [0.2, 0.25) is 0 Å². The first kappa shape index (κ1) is 20.1. The smallest absolute Gasteiger partial charge is 0.328 e. The Bertz CT molecular complexity index is 1020. The van der Waals surface area contributed by atoms with E-state index in [9.17, 15) is 9.59 Å². The number of ether oxygens (including phenoxy) is 2. The number of carbonyl (C=O) groups is 1. The molecule has 0 amide bonds. The third kappa shape index (κ3) is 4.09. The zero-order valence-electron chi connectivity index (χ0n) is 16.5. The maximum Gasteiger partial charge on any atom is 0.328 e. The van der Waals surface area contributed by atoms with Gasteiger partial charge in [0.25, 0.3) is 5.56 Å². The second-order valence-corrected chi connectivity index (χ2v) is 7.68. The van der Waals surface area contributed by atoms with Gasteiger partial charge in [0.05, 0.1) is 24.4 Å². The molecule has 6 nitrogen and oxygen atoms in total. The van der Waals surface area contributed by atoms with Gasteiger partial charge in [0, 0.05) is 10.9 Å². The van der Waals surface area contributed by atoms with Crippen LogP contribution in [0.1, 0.15) is 40.2 Å². The fourth-order valence-corrected chi connectivity index (χ4v) is 3.76. The minimum atomic E-state index is -0.731. The van der Waals surface area contributed by atoms with Crippen LogP contribution in [0.25, 0.3) is 21.3 Å². The number of hydrogen-bond acceptors (Lipinski definition) is 6. The van der Waals surface area contributed by atoms with Gasteiger partial charge in [-0.1, -0.05) is 19.1 Å². The van der Waals surface area contributed by atoms with Gasteiger partial charge in [-0.2, -0.15) is 0 Å². The van der Waals surface area contributed by atoms with Crippen molar-refractivity contribution in [3.05, 3.63) is 46.3 Å². The lowest BCUT2D eigenvalue weighted by atomic mass is 10.1. The van der Waals surface area contributed by atoms with Crippen LogP contribution in [0.15, 0.2) is 40.8 Å². The minimum Gasteiger partial charge on any atom is -0.491 e. The number of hydrogen-bond donors (Lipinski definition) is 0. The maximum atomic E-state index is 13.1. The summed E-state index contributed by atoms with van der Waals surface area (Å²) >= 11 is 1.41. The monoisotopic (exact) mass is 400 g/mol. The lowest BCUT2D eigenvalue weighted by molar-refractivity contribution is -0.147. The van der Waals surface area contributed by atoms with Gasteiger partial charge in [-0.05, 0) is 44.9 Å².